The van der Waals surface area contributed by atoms with Gasteiger partial charge in [0.2, 0.25) is 0 Å². The Morgan fingerprint density at radius 1 is 0.962 bits per heavy atom. The van der Waals surface area contributed by atoms with E-state index in [0.29, 0.717) is 10.9 Å². The number of benzene rings is 2. The zero-order chi connectivity index (χ0) is 18.5. The molecule has 1 heterocycles. The van der Waals surface area contributed by atoms with Gasteiger partial charge in [0.1, 0.15) is 0 Å². The number of aromatic amines is 1. The highest BCUT2D eigenvalue weighted by atomic mass is 16.2. The molecule has 0 aliphatic carbocycles. The fraction of sp³-hybridized carbons (Fsp3) is 0.211. The zero-order valence-electron chi connectivity index (χ0n) is 14.7. The largest absolute Gasteiger partial charge is 0.372 e. The van der Waals surface area contributed by atoms with Gasteiger partial charge in [0, 0.05) is 29.7 Å². The van der Waals surface area contributed by atoms with Crippen LogP contribution in [0.15, 0.2) is 48.5 Å². The number of hydrogen-bond acceptors (Lipinski definition) is 4. The average Bonchev–Trinajstić information content (AvgIpc) is 3.11. The lowest BCUT2D eigenvalue weighted by molar-refractivity contribution is 0.0845. The minimum atomic E-state index is -0.476. The normalized spacial score (nSPS) is 10.5. The number of aromatic nitrogens is 2. The molecule has 0 aliphatic rings. The molecule has 0 saturated carbocycles. The van der Waals surface area contributed by atoms with Gasteiger partial charge in [-0.15, -0.1) is 0 Å². The van der Waals surface area contributed by atoms with Crippen molar-refractivity contribution in [3.05, 3.63) is 59.8 Å². The second kappa shape index (κ2) is 7.69. The zero-order valence-corrected chi connectivity index (χ0v) is 14.7. The minimum absolute atomic E-state index is 0.234. The Morgan fingerprint density at radius 2 is 1.62 bits per heavy atom. The molecule has 0 fully saturated rings. The van der Waals surface area contributed by atoms with Gasteiger partial charge in [0.25, 0.3) is 11.8 Å². The second-order valence-electron chi connectivity index (χ2n) is 5.75. The van der Waals surface area contributed by atoms with Gasteiger partial charge in [0.15, 0.2) is 5.69 Å². The maximum absolute atomic E-state index is 12.3. The molecule has 134 valence electrons. The van der Waals surface area contributed by atoms with Crippen LogP contribution in [0.3, 0.4) is 0 Å². The van der Waals surface area contributed by atoms with Crippen LogP contribution in [-0.2, 0) is 0 Å². The SMILES string of the molecule is CCN(CC)c1ccc(C(=O)NNC(=O)c2n[nH]c3ccccc23)cc1. The van der Waals surface area contributed by atoms with Gasteiger partial charge in [-0.3, -0.25) is 25.5 Å². The number of para-hydroxylation sites is 1. The predicted octanol–water partition coefficient (Wildman–Crippen LogP) is 2.48. The van der Waals surface area contributed by atoms with Crippen LogP contribution in [0.1, 0.15) is 34.7 Å². The lowest BCUT2D eigenvalue weighted by Crippen LogP contribution is -2.41. The van der Waals surface area contributed by atoms with Crippen molar-refractivity contribution in [1.29, 1.82) is 0 Å². The molecule has 0 radical (unpaired) electrons. The summed E-state index contributed by atoms with van der Waals surface area (Å²) in [5.41, 5.74) is 7.34. The second-order valence-corrected chi connectivity index (χ2v) is 5.75. The van der Waals surface area contributed by atoms with Gasteiger partial charge in [-0.1, -0.05) is 18.2 Å². The van der Waals surface area contributed by atoms with Crippen molar-refractivity contribution < 1.29 is 9.59 Å². The summed E-state index contributed by atoms with van der Waals surface area (Å²) in [7, 11) is 0. The number of fused-ring (bicyclic) bond motifs is 1. The predicted molar refractivity (Wildman–Crippen MR) is 101 cm³/mol. The van der Waals surface area contributed by atoms with E-state index in [1.165, 1.54) is 0 Å². The maximum Gasteiger partial charge on any atom is 0.290 e. The van der Waals surface area contributed by atoms with E-state index in [1.807, 2.05) is 30.3 Å². The molecule has 7 nitrogen and oxygen atoms in total. The van der Waals surface area contributed by atoms with E-state index in [4.69, 9.17) is 0 Å². The van der Waals surface area contributed by atoms with Gasteiger partial charge in [-0.2, -0.15) is 5.10 Å². The van der Waals surface area contributed by atoms with Crippen molar-refractivity contribution in [3.63, 3.8) is 0 Å². The lowest BCUT2D eigenvalue weighted by Gasteiger charge is -2.21. The quantitative estimate of drug-likeness (QED) is 0.616. The number of hydrazine groups is 1. The van der Waals surface area contributed by atoms with Crippen molar-refractivity contribution in [1.82, 2.24) is 21.0 Å². The first-order valence-electron chi connectivity index (χ1n) is 8.52. The van der Waals surface area contributed by atoms with Crippen LogP contribution < -0.4 is 15.8 Å². The van der Waals surface area contributed by atoms with Gasteiger partial charge < -0.3 is 4.90 Å². The van der Waals surface area contributed by atoms with E-state index in [0.717, 1.165) is 24.3 Å². The van der Waals surface area contributed by atoms with Crippen LogP contribution >= 0.6 is 0 Å². The standard InChI is InChI=1S/C19H21N5O2/c1-3-24(4-2)14-11-9-13(10-12-14)18(25)22-23-19(26)17-15-7-5-6-8-16(15)20-21-17/h5-12H,3-4H2,1-2H3,(H,20,21)(H,22,25)(H,23,26). The van der Waals surface area contributed by atoms with Crippen molar-refractivity contribution in [2.75, 3.05) is 18.0 Å². The molecule has 2 aromatic carbocycles. The number of carbonyl (C=O) groups is 2. The van der Waals surface area contributed by atoms with E-state index < -0.39 is 5.91 Å². The number of rotatable bonds is 5. The van der Waals surface area contributed by atoms with Crippen LogP contribution in [0, 0.1) is 0 Å². The van der Waals surface area contributed by atoms with E-state index >= 15 is 0 Å². The van der Waals surface area contributed by atoms with Crippen molar-refractivity contribution >= 4 is 28.4 Å². The molecule has 0 aliphatic heterocycles. The number of nitrogens with one attached hydrogen (secondary N) is 3. The minimum Gasteiger partial charge on any atom is -0.372 e. The lowest BCUT2D eigenvalue weighted by atomic mass is 10.2. The fourth-order valence-electron chi connectivity index (χ4n) is 2.79. The molecule has 0 saturated heterocycles. The summed E-state index contributed by atoms with van der Waals surface area (Å²) in [4.78, 5) is 26.7. The molecule has 3 rings (SSSR count). The molecule has 0 bridgehead atoms. The summed E-state index contributed by atoms with van der Waals surface area (Å²) >= 11 is 0. The number of carbonyl (C=O) groups excluding carboxylic acids is 2. The smallest absolute Gasteiger partial charge is 0.290 e. The Morgan fingerprint density at radius 3 is 2.31 bits per heavy atom. The van der Waals surface area contributed by atoms with E-state index in [9.17, 15) is 9.59 Å². The Balaban J connectivity index is 1.64. The van der Waals surface area contributed by atoms with Crippen LogP contribution in [0.4, 0.5) is 5.69 Å². The molecule has 1 aromatic heterocycles. The first-order chi connectivity index (χ1) is 12.6. The van der Waals surface area contributed by atoms with E-state index in [1.54, 1.807) is 18.2 Å². The van der Waals surface area contributed by atoms with Gasteiger partial charge >= 0.3 is 0 Å². The third-order valence-corrected chi connectivity index (χ3v) is 4.23. The Bertz CT molecular complexity index is 913. The van der Waals surface area contributed by atoms with Gasteiger partial charge in [0.05, 0.1) is 5.52 Å². The molecule has 3 aromatic rings. The summed E-state index contributed by atoms with van der Waals surface area (Å²) in [5, 5.41) is 7.49. The third kappa shape index (κ3) is 3.51. The van der Waals surface area contributed by atoms with Crippen LogP contribution in [0.2, 0.25) is 0 Å². The number of amides is 2. The third-order valence-electron chi connectivity index (χ3n) is 4.23. The number of H-pyrrole nitrogens is 1. The summed E-state index contributed by atoms with van der Waals surface area (Å²) in [6.07, 6.45) is 0. The van der Waals surface area contributed by atoms with Gasteiger partial charge in [-0.25, -0.2) is 0 Å². The fourth-order valence-corrected chi connectivity index (χ4v) is 2.79. The summed E-state index contributed by atoms with van der Waals surface area (Å²) in [5.74, 6) is -0.861. The molecule has 0 unspecified atom stereocenters. The van der Waals surface area contributed by atoms with Gasteiger partial charge in [-0.05, 0) is 44.2 Å². The summed E-state index contributed by atoms with van der Waals surface area (Å²) < 4.78 is 0. The van der Waals surface area contributed by atoms with Crippen molar-refractivity contribution in [2.45, 2.75) is 13.8 Å². The number of anilines is 1. The highest BCUT2D eigenvalue weighted by Gasteiger charge is 2.15. The molecule has 3 N–H and O–H groups in total. The molecule has 2 amide bonds. The highest BCUT2D eigenvalue weighted by molar-refractivity contribution is 6.05. The molecule has 26 heavy (non-hydrogen) atoms. The highest BCUT2D eigenvalue weighted by Crippen LogP contribution is 2.16. The van der Waals surface area contributed by atoms with Crippen LogP contribution in [0.5, 0.6) is 0 Å². The maximum atomic E-state index is 12.3. The van der Waals surface area contributed by atoms with Crippen LogP contribution in [-0.4, -0.2) is 35.1 Å². The number of hydrogen-bond donors (Lipinski definition) is 3. The first kappa shape index (κ1) is 17.5. The topological polar surface area (TPSA) is 90.1 Å². The van der Waals surface area contributed by atoms with Crippen molar-refractivity contribution in [3.8, 4) is 0 Å². The molecular weight excluding hydrogens is 330 g/mol. The molecule has 0 atom stereocenters. The summed E-state index contributed by atoms with van der Waals surface area (Å²) in [6, 6.07) is 14.6. The molecule has 7 heteroatoms. The molecular formula is C19H21N5O2. The Kier molecular flexibility index (Phi) is 5.17. The molecule has 0 spiro atoms. The monoisotopic (exact) mass is 351 g/mol. The summed E-state index contributed by atoms with van der Waals surface area (Å²) in [6.45, 7) is 5.96. The van der Waals surface area contributed by atoms with E-state index in [-0.39, 0.29) is 11.6 Å². The van der Waals surface area contributed by atoms with E-state index in [2.05, 4.69) is 39.8 Å². The Hall–Kier alpha value is -3.35. The Labute approximate surface area is 151 Å². The van der Waals surface area contributed by atoms with Crippen molar-refractivity contribution in [2.24, 2.45) is 0 Å². The van der Waals surface area contributed by atoms with Crippen LogP contribution in [0.25, 0.3) is 10.9 Å². The first-order valence-corrected chi connectivity index (χ1v) is 8.52. The number of nitrogens with zero attached hydrogens (tertiary/aromatic N) is 2. The average molecular weight is 351 g/mol.